The van der Waals surface area contributed by atoms with Crippen LogP contribution in [0.25, 0.3) is 0 Å². The highest BCUT2D eigenvalue weighted by atomic mass is 32.1. The van der Waals surface area contributed by atoms with Crippen molar-refractivity contribution >= 4 is 23.2 Å². The van der Waals surface area contributed by atoms with Crippen LogP contribution in [0, 0.1) is 6.92 Å². The third-order valence-corrected chi connectivity index (χ3v) is 4.88. The average molecular weight is 370 g/mol. The number of nitrogens with one attached hydrogen (secondary N) is 2. The zero-order valence-electron chi connectivity index (χ0n) is 13.7. The number of carbonyl (C=O) groups excluding carboxylic acids is 2. The molecular weight excluding hydrogens is 353 g/mol. The SMILES string of the molecule is CCc1sc(C(=O)NNC(=O)Cc2cccc(C(F)(F)F)c2)cc1C. The molecule has 0 radical (unpaired) electrons. The van der Waals surface area contributed by atoms with Gasteiger partial charge in [0.15, 0.2) is 0 Å². The smallest absolute Gasteiger partial charge is 0.273 e. The van der Waals surface area contributed by atoms with Gasteiger partial charge in [0.2, 0.25) is 5.91 Å². The van der Waals surface area contributed by atoms with Crippen LogP contribution in [-0.4, -0.2) is 11.8 Å². The van der Waals surface area contributed by atoms with Crippen molar-refractivity contribution in [2.24, 2.45) is 0 Å². The lowest BCUT2D eigenvalue weighted by atomic mass is 10.1. The molecule has 0 aliphatic rings. The maximum Gasteiger partial charge on any atom is 0.416 e. The van der Waals surface area contributed by atoms with Gasteiger partial charge in [0.1, 0.15) is 0 Å². The molecule has 4 nitrogen and oxygen atoms in total. The second-order valence-electron chi connectivity index (χ2n) is 5.45. The number of carbonyl (C=O) groups is 2. The first-order valence-electron chi connectivity index (χ1n) is 7.55. The van der Waals surface area contributed by atoms with E-state index in [1.165, 1.54) is 23.5 Å². The van der Waals surface area contributed by atoms with Gasteiger partial charge in [-0.1, -0.05) is 25.1 Å². The summed E-state index contributed by atoms with van der Waals surface area (Å²) in [6, 6.07) is 6.25. The molecule has 2 amide bonds. The molecule has 0 unspecified atom stereocenters. The van der Waals surface area contributed by atoms with Gasteiger partial charge in [0, 0.05) is 4.88 Å². The van der Waals surface area contributed by atoms with E-state index in [1.54, 1.807) is 6.07 Å². The zero-order valence-corrected chi connectivity index (χ0v) is 14.5. The van der Waals surface area contributed by atoms with Crippen molar-refractivity contribution in [3.63, 3.8) is 0 Å². The molecule has 134 valence electrons. The Hall–Kier alpha value is -2.35. The number of aryl methyl sites for hydroxylation is 2. The lowest BCUT2D eigenvalue weighted by Gasteiger charge is -2.09. The standard InChI is InChI=1S/C17H17F3N2O2S/c1-3-13-10(2)7-14(25-13)16(24)22-21-15(23)9-11-5-4-6-12(8-11)17(18,19)20/h4-8H,3,9H2,1-2H3,(H,21,23)(H,22,24). The first kappa shape index (κ1) is 19.0. The quantitative estimate of drug-likeness (QED) is 0.808. The van der Waals surface area contributed by atoms with Gasteiger partial charge in [-0.3, -0.25) is 20.4 Å². The van der Waals surface area contributed by atoms with Gasteiger partial charge in [-0.2, -0.15) is 13.2 Å². The van der Waals surface area contributed by atoms with Crippen molar-refractivity contribution in [2.75, 3.05) is 0 Å². The number of hydrogen-bond donors (Lipinski definition) is 2. The highest BCUT2D eigenvalue weighted by molar-refractivity contribution is 7.14. The molecule has 2 aromatic rings. The van der Waals surface area contributed by atoms with Crippen LogP contribution in [0.5, 0.6) is 0 Å². The van der Waals surface area contributed by atoms with E-state index in [-0.39, 0.29) is 12.0 Å². The van der Waals surface area contributed by atoms with Crippen LogP contribution in [0.2, 0.25) is 0 Å². The lowest BCUT2D eigenvalue weighted by Crippen LogP contribution is -2.42. The van der Waals surface area contributed by atoms with Gasteiger partial charge in [0.25, 0.3) is 5.91 Å². The van der Waals surface area contributed by atoms with Crippen molar-refractivity contribution in [1.82, 2.24) is 10.9 Å². The Morgan fingerprint density at radius 3 is 2.48 bits per heavy atom. The first-order valence-corrected chi connectivity index (χ1v) is 8.37. The molecule has 0 bridgehead atoms. The molecule has 0 aliphatic heterocycles. The van der Waals surface area contributed by atoms with E-state index < -0.39 is 23.6 Å². The predicted octanol–water partition coefficient (Wildman–Crippen LogP) is 3.64. The minimum Gasteiger partial charge on any atom is -0.273 e. The Kier molecular flexibility index (Phi) is 5.84. The Morgan fingerprint density at radius 1 is 1.16 bits per heavy atom. The van der Waals surface area contributed by atoms with Crippen molar-refractivity contribution in [3.8, 4) is 0 Å². The molecule has 0 spiro atoms. The van der Waals surface area contributed by atoms with E-state index in [0.717, 1.165) is 29.0 Å². The largest absolute Gasteiger partial charge is 0.416 e. The summed E-state index contributed by atoms with van der Waals surface area (Å²) >= 11 is 1.34. The van der Waals surface area contributed by atoms with Crippen molar-refractivity contribution in [3.05, 3.63) is 56.8 Å². The molecule has 0 saturated carbocycles. The molecule has 0 saturated heterocycles. The van der Waals surface area contributed by atoms with Gasteiger partial charge >= 0.3 is 6.18 Å². The predicted molar refractivity (Wildman–Crippen MR) is 89.2 cm³/mol. The van der Waals surface area contributed by atoms with Crippen LogP contribution < -0.4 is 10.9 Å². The fourth-order valence-electron chi connectivity index (χ4n) is 2.26. The molecule has 0 atom stereocenters. The van der Waals surface area contributed by atoms with Crippen LogP contribution in [0.4, 0.5) is 13.2 Å². The van der Waals surface area contributed by atoms with Crippen LogP contribution in [0.3, 0.4) is 0 Å². The number of benzene rings is 1. The van der Waals surface area contributed by atoms with Crippen molar-refractivity contribution < 1.29 is 22.8 Å². The molecule has 1 heterocycles. The Bertz CT molecular complexity index is 784. The van der Waals surface area contributed by atoms with Crippen LogP contribution in [0.1, 0.15) is 38.2 Å². The summed E-state index contributed by atoms with van der Waals surface area (Å²) in [5.74, 6) is -1.05. The Morgan fingerprint density at radius 2 is 1.88 bits per heavy atom. The number of rotatable bonds is 4. The minimum atomic E-state index is -4.46. The van der Waals surface area contributed by atoms with Gasteiger partial charge in [-0.05, 0) is 36.6 Å². The van der Waals surface area contributed by atoms with Crippen LogP contribution >= 0.6 is 11.3 Å². The van der Waals surface area contributed by atoms with Gasteiger partial charge in [0.05, 0.1) is 16.9 Å². The molecule has 1 aromatic heterocycles. The third-order valence-electron chi connectivity index (χ3n) is 3.50. The van der Waals surface area contributed by atoms with E-state index in [2.05, 4.69) is 10.9 Å². The summed E-state index contributed by atoms with van der Waals surface area (Å²) < 4.78 is 38.0. The highest BCUT2D eigenvalue weighted by Crippen LogP contribution is 2.29. The molecular formula is C17H17F3N2O2S. The average Bonchev–Trinajstić information content (AvgIpc) is 2.93. The second-order valence-corrected chi connectivity index (χ2v) is 6.58. The fraction of sp³-hybridized carbons (Fsp3) is 0.294. The fourth-order valence-corrected chi connectivity index (χ4v) is 3.27. The summed E-state index contributed by atoms with van der Waals surface area (Å²) in [5.41, 5.74) is 4.90. The normalized spacial score (nSPS) is 11.2. The van der Waals surface area contributed by atoms with E-state index in [0.29, 0.717) is 4.88 Å². The number of halogens is 3. The Labute approximate surface area is 147 Å². The van der Waals surface area contributed by atoms with Crippen molar-refractivity contribution in [2.45, 2.75) is 32.9 Å². The number of amides is 2. The summed E-state index contributed by atoms with van der Waals surface area (Å²) in [7, 11) is 0. The van der Waals surface area contributed by atoms with E-state index >= 15 is 0 Å². The number of thiophene rings is 1. The minimum absolute atomic E-state index is 0.210. The summed E-state index contributed by atoms with van der Waals surface area (Å²) in [6.07, 6.45) is -3.92. The third kappa shape index (κ3) is 5.06. The van der Waals surface area contributed by atoms with E-state index in [4.69, 9.17) is 0 Å². The molecule has 1 aromatic carbocycles. The Balaban J connectivity index is 1.93. The second kappa shape index (κ2) is 7.69. The van der Waals surface area contributed by atoms with E-state index in [1.807, 2.05) is 13.8 Å². The van der Waals surface area contributed by atoms with Gasteiger partial charge in [-0.15, -0.1) is 11.3 Å². The van der Waals surface area contributed by atoms with Crippen LogP contribution in [0.15, 0.2) is 30.3 Å². The lowest BCUT2D eigenvalue weighted by molar-refractivity contribution is -0.137. The van der Waals surface area contributed by atoms with E-state index in [9.17, 15) is 22.8 Å². The molecule has 2 rings (SSSR count). The molecule has 2 N–H and O–H groups in total. The summed E-state index contributed by atoms with van der Waals surface area (Å²) in [4.78, 5) is 25.4. The van der Waals surface area contributed by atoms with Gasteiger partial charge < -0.3 is 0 Å². The summed E-state index contributed by atoms with van der Waals surface area (Å²) in [6.45, 7) is 3.88. The molecule has 25 heavy (non-hydrogen) atoms. The van der Waals surface area contributed by atoms with Crippen LogP contribution in [-0.2, 0) is 23.8 Å². The maximum atomic E-state index is 12.7. The molecule has 0 aliphatic carbocycles. The zero-order chi connectivity index (χ0) is 18.6. The first-order chi connectivity index (χ1) is 11.7. The highest BCUT2D eigenvalue weighted by Gasteiger charge is 2.30. The topological polar surface area (TPSA) is 58.2 Å². The summed E-state index contributed by atoms with van der Waals surface area (Å²) in [5, 5.41) is 0. The monoisotopic (exact) mass is 370 g/mol. The molecule has 8 heteroatoms. The number of alkyl halides is 3. The van der Waals surface area contributed by atoms with Gasteiger partial charge in [-0.25, -0.2) is 0 Å². The molecule has 0 fully saturated rings. The number of hydrogen-bond acceptors (Lipinski definition) is 3. The van der Waals surface area contributed by atoms with Crippen molar-refractivity contribution in [1.29, 1.82) is 0 Å². The number of hydrazine groups is 1. The maximum absolute atomic E-state index is 12.7.